The van der Waals surface area contributed by atoms with Crippen molar-refractivity contribution in [2.75, 3.05) is 104 Å². The second kappa shape index (κ2) is 21.3. The molecule has 0 bridgehead atoms. The lowest BCUT2D eigenvalue weighted by Crippen LogP contribution is -2.49. The van der Waals surface area contributed by atoms with Gasteiger partial charge >= 0.3 is 11.9 Å². The van der Waals surface area contributed by atoms with Gasteiger partial charge in [-0.2, -0.15) is 18.3 Å². The van der Waals surface area contributed by atoms with Crippen molar-refractivity contribution in [2.45, 2.75) is 56.8 Å². The minimum absolute atomic E-state index is 0.168. The number of piperidine rings is 2. The largest absolute Gasteiger partial charge is 0.418 e. The summed E-state index contributed by atoms with van der Waals surface area (Å²) in [7, 11) is 3.67. The summed E-state index contributed by atoms with van der Waals surface area (Å²) in [6.45, 7) is 15.6. The molecule has 2 aromatic heterocycles. The second-order valence-electron chi connectivity index (χ2n) is 19.1. The zero-order valence-electron chi connectivity index (χ0n) is 38.7. The van der Waals surface area contributed by atoms with Crippen LogP contribution in [0.25, 0.3) is 11.2 Å². The monoisotopic (exact) mass is 928 g/mol. The van der Waals surface area contributed by atoms with E-state index < -0.39 is 17.4 Å². The number of pyridine rings is 1. The lowest BCUT2D eigenvalue weighted by atomic mass is 9.75. The van der Waals surface area contributed by atoms with Gasteiger partial charge in [0.2, 0.25) is 6.41 Å². The number of likely N-dealkylation sites (tertiary alicyclic amines) is 2. The van der Waals surface area contributed by atoms with Gasteiger partial charge in [0.25, 0.3) is 0 Å². The van der Waals surface area contributed by atoms with Gasteiger partial charge < -0.3 is 19.4 Å². The fourth-order valence-corrected chi connectivity index (χ4v) is 10.4. The molecule has 6 heterocycles. The van der Waals surface area contributed by atoms with Gasteiger partial charge in [-0.15, -0.1) is 5.10 Å². The Labute approximate surface area is 390 Å². The van der Waals surface area contributed by atoms with E-state index in [-0.39, 0.29) is 10.9 Å². The van der Waals surface area contributed by atoms with E-state index in [1.54, 1.807) is 30.7 Å². The fourth-order valence-electron chi connectivity index (χ4n) is 10.4. The molecule has 360 valence electrons. The van der Waals surface area contributed by atoms with Crippen LogP contribution in [-0.4, -0.2) is 159 Å². The molecule has 4 aliphatic heterocycles. The minimum atomic E-state index is -4.64. The Morgan fingerprint density at radius 1 is 0.866 bits per heavy atom. The molecule has 4 fully saturated rings. The number of hydrogen-bond donors (Lipinski definition) is 1. The van der Waals surface area contributed by atoms with Gasteiger partial charge in [-0.05, 0) is 123 Å². The summed E-state index contributed by atoms with van der Waals surface area (Å²) in [6, 6.07) is 14.6. The van der Waals surface area contributed by atoms with E-state index in [0.29, 0.717) is 67.9 Å². The minimum Gasteiger partial charge on any atom is -0.379 e. The van der Waals surface area contributed by atoms with Gasteiger partial charge in [-0.1, -0.05) is 12.1 Å². The van der Waals surface area contributed by atoms with E-state index in [0.717, 1.165) is 112 Å². The van der Waals surface area contributed by atoms with E-state index in [1.807, 2.05) is 42.3 Å². The molecule has 0 radical (unpaired) electrons. The highest BCUT2D eigenvalue weighted by atomic mass is 19.4. The third-order valence-corrected chi connectivity index (χ3v) is 14.4. The number of carbonyl (C=O) groups excluding carboxylic acids is 2. The molecule has 8 rings (SSSR count). The van der Waals surface area contributed by atoms with Crippen LogP contribution in [0, 0.1) is 11.8 Å². The van der Waals surface area contributed by atoms with Crippen LogP contribution in [0.5, 0.6) is 0 Å². The zero-order valence-corrected chi connectivity index (χ0v) is 38.7. The summed E-state index contributed by atoms with van der Waals surface area (Å²) in [6.07, 6.45) is 6.41. The third kappa shape index (κ3) is 11.5. The summed E-state index contributed by atoms with van der Waals surface area (Å²) < 4.78 is 52.2. The van der Waals surface area contributed by atoms with Crippen molar-refractivity contribution in [1.29, 1.82) is 0 Å². The Bertz CT molecular complexity index is 2430. The summed E-state index contributed by atoms with van der Waals surface area (Å²) in [5.41, 5.74) is 5.33. The van der Waals surface area contributed by atoms with Crippen LogP contribution in [0.3, 0.4) is 0 Å². The molecule has 0 aliphatic carbocycles. The predicted molar refractivity (Wildman–Crippen MR) is 254 cm³/mol. The quantitative estimate of drug-likeness (QED) is 0.0596. The van der Waals surface area contributed by atoms with Crippen LogP contribution in [0.4, 0.5) is 18.9 Å². The van der Waals surface area contributed by atoms with Gasteiger partial charge in [-0.25, -0.2) is 9.80 Å². The first-order valence-corrected chi connectivity index (χ1v) is 23.5. The highest BCUT2D eigenvalue weighted by Crippen LogP contribution is 2.38. The molecule has 0 atom stereocenters. The molecular formula is C49H64F3N11O4. The first-order valence-electron chi connectivity index (χ1n) is 23.5. The summed E-state index contributed by atoms with van der Waals surface area (Å²) in [5.74, 6) is 1.20. The van der Waals surface area contributed by atoms with Crippen molar-refractivity contribution in [3.63, 3.8) is 0 Å². The SMILES string of the molecule is C=N/N=C\N(C)CCC1(c2cccc(-n3cc4c(C(F)(F)F)cc(CN5CCC(CN6CCC(CN7CCN(c8ccc(C=O)c(CN(C)NC=O)c8)CC7)CC6)CC5)cn4c3=O)c2)COC1. The van der Waals surface area contributed by atoms with E-state index in [1.165, 1.54) is 29.7 Å². The number of piperazine rings is 1. The number of nitrogens with zero attached hydrogens (tertiary/aromatic N) is 10. The molecule has 0 saturated carbocycles. The van der Waals surface area contributed by atoms with Crippen LogP contribution >= 0.6 is 0 Å². The van der Waals surface area contributed by atoms with Crippen molar-refractivity contribution in [1.82, 2.24) is 39.0 Å². The molecule has 1 N–H and O–H groups in total. The maximum Gasteiger partial charge on any atom is 0.418 e. The molecule has 15 nitrogen and oxygen atoms in total. The Kier molecular flexibility index (Phi) is 15.3. The number of hydrogen-bond acceptors (Lipinski definition) is 11. The first-order chi connectivity index (χ1) is 32.3. The van der Waals surface area contributed by atoms with Crippen LogP contribution in [-0.2, 0) is 34.2 Å². The molecule has 4 aromatic rings. The number of nitrogens with one attached hydrogen (secondary N) is 1. The van der Waals surface area contributed by atoms with Gasteiger partial charge in [0.05, 0.1) is 30.0 Å². The number of aromatic nitrogens is 2. The number of carbonyl (C=O) groups is 2. The van der Waals surface area contributed by atoms with Crippen molar-refractivity contribution in [2.24, 2.45) is 22.0 Å². The second-order valence-corrected chi connectivity index (χ2v) is 19.1. The Hall–Kier alpha value is -5.40. The van der Waals surface area contributed by atoms with Gasteiger partial charge in [-0.3, -0.25) is 33.8 Å². The number of ether oxygens (including phenoxy) is 1. The standard InChI is InChI=1S/C49H64F3N11O4/c1-53-54-35-56(2)18-13-48(33-67-34-48)42-5-4-6-44(25-42)62-31-46-45(49(50,51)52)23-39(29-63(46)47(62)66)28-59-16-11-37(12-17-59)26-58-14-9-38(10-15-58)27-60-19-21-61(22-20-60)43-8-7-40(32-64)41(24-43)30-57(3)55-36-65/h4-8,23-25,29,31-32,35-38H,1,9-22,26-28,30,33-34H2,2-3H3,(H,55,65)/b54-35-. The topological polar surface area (TPSA) is 126 Å². The van der Waals surface area contributed by atoms with Crippen molar-refractivity contribution < 1.29 is 27.5 Å². The number of aldehydes is 1. The molecule has 67 heavy (non-hydrogen) atoms. The van der Waals surface area contributed by atoms with Crippen molar-refractivity contribution in [3.05, 3.63) is 99.2 Å². The molecule has 1 amide bonds. The molecular weight excluding hydrogens is 864 g/mol. The van der Waals surface area contributed by atoms with E-state index in [9.17, 15) is 27.6 Å². The number of rotatable bonds is 19. The first kappa shape index (κ1) is 48.1. The maximum absolute atomic E-state index is 14.7. The summed E-state index contributed by atoms with van der Waals surface area (Å²) >= 11 is 0. The maximum atomic E-state index is 14.7. The highest BCUT2D eigenvalue weighted by Gasteiger charge is 2.41. The molecule has 2 aromatic carbocycles. The average Bonchev–Trinajstić information content (AvgIpc) is 3.64. The lowest BCUT2D eigenvalue weighted by Gasteiger charge is -2.43. The Balaban J connectivity index is 0.817. The van der Waals surface area contributed by atoms with Gasteiger partial charge in [0.15, 0.2) is 0 Å². The van der Waals surface area contributed by atoms with Crippen molar-refractivity contribution in [3.8, 4) is 5.69 Å². The fraction of sp³-hybridized carbons (Fsp3) is 0.531. The number of benzene rings is 2. The number of amides is 1. The number of fused-ring (bicyclic) bond motifs is 1. The summed E-state index contributed by atoms with van der Waals surface area (Å²) in [5, 5.41) is 9.02. The average molecular weight is 928 g/mol. The van der Waals surface area contributed by atoms with Crippen LogP contribution in [0.1, 0.15) is 64.7 Å². The van der Waals surface area contributed by atoms with Gasteiger partial charge in [0.1, 0.15) is 12.6 Å². The smallest absolute Gasteiger partial charge is 0.379 e. The van der Waals surface area contributed by atoms with Crippen LogP contribution < -0.4 is 16.0 Å². The van der Waals surface area contributed by atoms with E-state index in [4.69, 9.17) is 4.74 Å². The number of imidazole rings is 1. The Morgan fingerprint density at radius 3 is 2.18 bits per heavy atom. The Morgan fingerprint density at radius 2 is 1.55 bits per heavy atom. The van der Waals surface area contributed by atoms with Crippen LogP contribution in [0.15, 0.2) is 75.9 Å². The van der Waals surface area contributed by atoms with E-state index >= 15 is 0 Å². The number of alkyl halides is 3. The molecule has 0 unspecified atom stereocenters. The molecule has 4 aliphatic rings. The zero-order chi connectivity index (χ0) is 47.1. The predicted octanol–water partition coefficient (Wildman–Crippen LogP) is 4.99. The normalized spacial score (nSPS) is 19.3. The van der Waals surface area contributed by atoms with Crippen molar-refractivity contribution >= 4 is 37.0 Å². The molecule has 0 spiro atoms. The van der Waals surface area contributed by atoms with E-state index in [2.05, 4.69) is 48.0 Å². The highest BCUT2D eigenvalue weighted by molar-refractivity contribution is 5.78. The number of halogens is 3. The number of hydrazine groups is 1. The summed E-state index contributed by atoms with van der Waals surface area (Å²) in [4.78, 5) is 48.2. The number of anilines is 1. The lowest BCUT2D eigenvalue weighted by molar-refractivity contribution is -0.136. The third-order valence-electron chi connectivity index (χ3n) is 14.4. The molecule has 4 saturated heterocycles. The van der Waals surface area contributed by atoms with Crippen LogP contribution in [0.2, 0.25) is 0 Å². The molecule has 18 heteroatoms. The van der Waals surface area contributed by atoms with Gasteiger partial charge in [0, 0.05) is 109 Å².